The Morgan fingerprint density at radius 3 is 2.20 bits per heavy atom. The van der Waals surface area contributed by atoms with Crippen LogP contribution in [0.3, 0.4) is 0 Å². The number of hydrogen-bond donors (Lipinski definition) is 1. The Morgan fingerprint density at radius 1 is 0.950 bits per heavy atom. The van der Waals surface area contributed by atoms with E-state index in [1.807, 2.05) is 13.0 Å². The van der Waals surface area contributed by atoms with E-state index >= 15 is 0 Å². The molecule has 106 valence electrons. The number of aryl methyl sites for hydroxylation is 3. The number of nitrogens with two attached hydrogens (primary N) is 1. The lowest BCUT2D eigenvalue weighted by Gasteiger charge is -2.20. The van der Waals surface area contributed by atoms with Gasteiger partial charge in [-0.05, 0) is 44.9 Å². The summed E-state index contributed by atoms with van der Waals surface area (Å²) in [6.45, 7) is 8.91. The van der Waals surface area contributed by atoms with Gasteiger partial charge in [0, 0.05) is 5.56 Å². The first-order valence-electron chi connectivity index (χ1n) is 7.09. The smallest absolute Gasteiger partial charge is 0.124 e. The van der Waals surface area contributed by atoms with Crippen LogP contribution in [-0.4, -0.2) is 6.61 Å². The Hall–Kier alpha value is -1.80. The number of ether oxygens (including phenoxy) is 1. The molecule has 0 aliphatic rings. The number of benzene rings is 2. The molecular weight excluding hydrogens is 246 g/mol. The van der Waals surface area contributed by atoms with E-state index in [4.69, 9.17) is 10.5 Å². The number of hydrogen-bond acceptors (Lipinski definition) is 2. The van der Waals surface area contributed by atoms with Crippen molar-refractivity contribution in [2.24, 2.45) is 5.73 Å². The minimum atomic E-state index is -0.156. The van der Waals surface area contributed by atoms with Crippen molar-refractivity contribution in [1.82, 2.24) is 0 Å². The molecule has 0 heterocycles. The van der Waals surface area contributed by atoms with Crippen LogP contribution in [-0.2, 0) is 0 Å². The predicted molar refractivity (Wildman–Crippen MR) is 84.3 cm³/mol. The van der Waals surface area contributed by atoms with Crippen molar-refractivity contribution in [1.29, 1.82) is 0 Å². The third kappa shape index (κ3) is 3.02. The Labute approximate surface area is 121 Å². The molecule has 2 N–H and O–H groups in total. The minimum Gasteiger partial charge on any atom is -0.494 e. The van der Waals surface area contributed by atoms with Crippen molar-refractivity contribution in [3.8, 4) is 5.75 Å². The van der Waals surface area contributed by atoms with Gasteiger partial charge in [0.1, 0.15) is 5.75 Å². The second-order valence-corrected chi connectivity index (χ2v) is 5.31. The highest BCUT2D eigenvalue weighted by molar-refractivity contribution is 5.46. The fraction of sp³-hybridized carbons (Fsp3) is 0.333. The fourth-order valence-corrected chi connectivity index (χ4v) is 2.46. The molecular formula is C18H23NO. The third-order valence-electron chi connectivity index (χ3n) is 3.57. The van der Waals surface area contributed by atoms with Crippen LogP contribution in [0.1, 0.15) is 40.8 Å². The summed E-state index contributed by atoms with van der Waals surface area (Å²) in [5.74, 6) is 0.881. The van der Waals surface area contributed by atoms with E-state index in [0.29, 0.717) is 6.61 Å². The molecule has 0 saturated carbocycles. The maximum atomic E-state index is 6.51. The molecule has 1 unspecified atom stereocenters. The summed E-state index contributed by atoms with van der Waals surface area (Å²) in [7, 11) is 0. The molecule has 0 aliphatic carbocycles. The summed E-state index contributed by atoms with van der Waals surface area (Å²) >= 11 is 0. The number of rotatable bonds is 4. The van der Waals surface area contributed by atoms with E-state index in [1.165, 1.54) is 16.7 Å². The molecule has 0 fully saturated rings. The van der Waals surface area contributed by atoms with E-state index in [1.54, 1.807) is 0 Å². The maximum Gasteiger partial charge on any atom is 0.124 e. The molecule has 2 aromatic rings. The van der Waals surface area contributed by atoms with Crippen molar-refractivity contribution in [3.63, 3.8) is 0 Å². The van der Waals surface area contributed by atoms with Crippen molar-refractivity contribution >= 4 is 0 Å². The van der Waals surface area contributed by atoms with Crippen LogP contribution in [0.4, 0.5) is 0 Å². The molecule has 20 heavy (non-hydrogen) atoms. The first-order valence-corrected chi connectivity index (χ1v) is 7.09. The molecule has 0 spiro atoms. The van der Waals surface area contributed by atoms with Crippen LogP contribution in [0.2, 0.25) is 0 Å². The summed E-state index contributed by atoms with van der Waals surface area (Å²) < 4.78 is 5.72. The normalized spacial score (nSPS) is 12.2. The van der Waals surface area contributed by atoms with E-state index in [2.05, 4.69) is 51.1 Å². The van der Waals surface area contributed by atoms with Crippen LogP contribution < -0.4 is 10.5 Å². The van der Waals surface area contributed by atoms with Gasteiger partial charge in [-0.15, -0.1) is 0 Å². The third-order valence-corrected chi connectivity index (χ3v) is 3.57. The quantitative estimate of drug-likeness (QED) is 0.908. The molecule has 0 aliphatic heterocycles. The molecule has 0 amide bonds. The summed E-state index contributed by atoms with van der Waals surface area (Å²) in [6.07, 6.45) is 0. The van der Waals surface area contributed by atoms with Gasteiger partial charge < -0.3 is 10.5 Å². The molecule has 2 heteroatoms. The van der Waals surface area contributed by atoms with Crippen molar-refractivity contribution in [2.45, 2.75) is 33.7 Å². The van der Waals surface area contributed by atoms with Crippen molar-refractivity contribution in [3.05, 3.63) is 64.2 Å². The highest BCUT2D eigenvalue weighted by Gasteiger charge is 2.16. The van der Waals surface area contributed by atoms with Gasteiger partial charge in [0.05, 0.1) is 12.6 Å². The van der Waals surface area contributed by atoms with Gasteiger partial charge in [0.15, 0.2) is 0 Å². The van der Waals surface area contributed by atoms with E-state index in [-0.39, 0.29) is 6.04 Å². The van der Waals surface area contributed by atoms with Crippen LogP contribution >= 0.6 is 0 Å². The first kappa shape index (κ1) is 14.6. The van der Waals surface area contributed by atoms with Crippen LogP contribution in [0.15, 0.2) is 36.4 Å². The average molecular weight is 269 g/mol. The van der Waals surface area contributed by atoms with Gasteiger partial charge >= 0.3 is 0 Å². The lowest BCUT2D eigenvalue weighted by Crippen LogP contribution is -2.15. The predicted octanol–water partition coefficient (Wildman–Crippen LogP) is 4.06. The zero-order chi connectivity index (χ0) is 14.7. The van der Waals surface area contributed by atoms with E-state index in [9.17, 15) is 0 Å². The van der Waals surface area contributed by atoms with Gasteiger partial charge in [-0.3, -0.25) is 0 Å². The molecule has 0 bridgehead atoms. The highest BCUT2D eigenvalue weighted by Crippen LogP contribution is 2.31. The second kappa shape index (κ2) is 6.10. The summed E-state index contributed by atoms with van der Waals surface area (Å²) in [4.78, 5) is 0. The molecule has 2 aromatic carbocycles. The van der Waals surface area contributed by atoms with Gasteiger partial charge in [-0.1, -0.05) is 41.5 Å². The van der Waals surface area contributed by atoms with E-state index < -0.39 is 0 Å². The largest absolute Gasteiger partial charge is 0.494 e. The zero-order valence-corrected chi connectivity index (χ0v) is 12.7. The Kier molecular flexibility index (Phi) is 4.46. The molecule has 0 radical (unpaired) electrons. The highest BCUT2D eigenvalue weighted by atomic mass is 16.5. The minimum absolute atomic E-state index is 0.156. The summed E-state index contributed by atoms with van der Waals surface area (Å²) in [5, 5.41) is 0. The fourth-order valence-electron chi connectivity index (χ4n) is 2.46. The summed E-state index contributed by atoms with van der Waals surface area (Å²) in [6, 6.07) is 12.4. The van der Waals surface area contributed by atoms with Crippen LogP contribution in [0, 0.1) is 20.8 Å². The van der Waals surface area contributed by atoms with Crippen molar-refractivity contribution < 1.29 is 4.74 Å². The molecule has 1 atom stereocenters. The topological polar surface area (TPSA) is 35.2 Å². The SMILES string of the molecule is CCOc1ccc(C)cc1C(N)c1cc(C)ccc1C. The Morgan fingerprint density at radius 2 is 1.55 bits per heavy atom. The van der Waals surface area contributed by atoms with Crippen LogP contribution in [0.25, 0.3) is 0 Å². The second-order valence-electron chi connectivity index (χ2n) is 5.31. The van der Waals surface area contributed by atoms with Gasteiger partial charge in [0.25, 0.3) is 0 Å². The first-order chi connectivity index (χ1) is 9.52. The maximum absolute atomic E-state index is 6.51. The van der Waals surface area contributed by atoms with Crippen LogP contribution in [0.5, 0.6) is 5.75 Å². The molecule has 2 nitrogen and oxygen atoms in total. The van der Waals surface area contributed by atoms with Crippen molar-refractivity contribution in [2.75, 3.05) is 6.61 Å². The molecule has 0 aromatic heterocycles. The van der Waals surface area contributed by atoms with E-state index in [0.717, 1.165) is 16.9 Å². The standard InChI is InChI=1S/C18H23NO/c1-5-20-17-9-7-13(3)11-16(17)18(19)15-10-12(2)6-8-14(15)4/h6-11,18H,5,19H2,1-4H3. The van der Waals surface area contributed by atoms with Gasteiger partial charge in [-0.25, -0.2) is 0 Å². The average Bonchev–Trinajstić information content (AvgIpc) is 2.43. The van der Waals surface area contributed by atoms with Gasteiger partial charge in [-0.2, -0.15) is 0 Å². The summed E-state index contributed by atoms with van der Waals surface area (Å²) in [5.41, 5.74) is 12.4. The lowest BCUT2D eigenvalue weighted by atomic mass is 9.93. The zero-order valence-electron chi connectivity index (χ0n) is 12.7. The molecule has 2 rings (SSSR count). The van der Waals surface area contributed by atoms with Gasteiger partial charge in [0.2, 0.25) is 0 Å². The Bertz CT molecular complexity index is 604. The Balaban J connectivity index is 2.49. The monoisotopic (exact) mass is 269 g/mol. The molecule has 0 saturated heterocycles. The lowest BCUT2D eigenvalue weighted by molar-refractivity contribution is 0.335.